The van der Waals surface area contributed by atoms with Gasteiger partial charge in [0.25, 0.3) is 5.91 Å². The summed E-state index contributed by atoms with van der Waals surface area (Å²) < 4.78 is 23.1. The highest BCUT2D eigenvalue weighted by atomic mass is 35.5. The van der Waals surface area contributed by atoms with Crippen LogP contribution in [0.15, 0.2) is 18.2 Å². The lowest BCUT2D eigenvalue weighted by Crippen LogP contribution is -2.41. The van der Waals surface area contributed by atoms with E-state index in [9.17, 15) is 13.2 Å². The van der Waals surface area contributed by atoms with E-state index in [1.54, 1.807) is 23.1 Å². The van der Waals surface area contributed by atoms with Crippen molar-refractivity contribution in [2.24, 2.45) is 0 Å². The molecule has 0 aromatic heterocycles. The predicted molar refractivity (Wildman–Crippen MR) is 80.2 cm³/mol. The first-order chi connectivity index (χ1) is 9.35. The third kappa shape index (κ3) is 3.10. The zero-order valence-corrected chi connectivity index (χ0v) is 13.3. The van der Waals surface area contributed by atoms with Crippen LogP contribution in [0.4, 0.5) is 0 Å². The molecule has 1 fully saturated rings. The Morgan fingerprint density at radius 3 is 2.65 bits per heavy atom. The molecule has 1 aliphatic heterocycles. The quantitative estimate of drug-likeness (QED) is 0.853. The third-order valence-corrected chi connectivity index (χ3v) is 6.00. The Hall–Kier alpha value is -0.780. The fraction of sp³-hybridized carbons (Fsp3) is 0.462. The number of rotatable bonds is 3. The molecule has 4 nitrogen and oxygen atoms in total. The molecule has 0 spiro atoms. The van der Waals surface area contributed by atoms with E-state index >= 15 is 0 Å². The number of halogens is 2. The van der Waals surface area contributed by atoms with E-state index in [1.807, 2.05) is 6.92 Å². The zero-order chi connectivity index (χ0) is 14.9. The summed E-state index contributed by atoms with van der Waals surface area (Å²) in [6.45, 7) is 2.25. The van der Waals surface area contributed by atoms with Gasteiger partial charge in [-0.3, -0.25) is 4.79 Å². The van der Waals surface area contributed by atoms with Crippen LogP contribution in [0.2, 0.25) is 10.0 Å². The van der Waals surface area contributed by atoms with Crippen LogP contribution in [0.3, 0.4) is 0 Å². The first-order valence-electron chi connectivity index (χ1n) is 6.31. The summed E-state index contributed by atoms with van der Waals surface area (Å²) in [7, 11) is -3.04. The van der Waals surface area contributed by atoms with Crippen molar-refractivity contribution in [2.45, 2.75) is 19.4 Å². The smallest absolute Gasteiger partial charge is 0.255 e. The van der Waals surface area contributed by atoms with E-state index < -0.39 is 9.84 Å². The number of sulfone groups is 1. The maximum absolute atomic E-state index is 12.5. The summed E-state index contributed by atoms with van der Waals surface area (Å²) in [4.78, 5) is 14.1. The van der Waals surface area contributed by atoms with Gasteiger partial charge < -0.3 is 4.90 Å². The first-order valence-corrected chi connectivity index (χ1v) is 8.89. The van der Waals surface area contributed by atoms with Gasteiger partial charge in [-0.2, -0.15) is 0 Å². The number of hydrogen-bond donors (Lipinski definition) is 0. The normalized spacial score (nSPS) is 20.9. The van der Waals surface area contributed by atoms with E-state index in [4.69, 9.17) is 23.2 Å². The summed E-state index contributed by atoms with van der Waals surface area (Å²) in [6, 6.07) is 4.58. The van der Waals surface area contributed by atoms with Crippen LogP contribution in [-0.2, 0) is 9.84 Å². The van der Waals surface area contributed by atoms with E-state index in [0.29, 0.717) is 23.6 Å². The second-order valence-electron chi connectivity index (χ2n) is 4.75. The molecule has 0 radical (unpaired) electrons. The van der Waals surface area contributed by atoms with Crippen LogP contribution in [0.1, 0.15) is 23.7 Å². The molecule has 1 amide bonds. The van der Waals surface area contributed by atoms with Gasteiger partial charge in [0.1, 0.15) is 0 Å². The highest BCUT2D eigenvalue weighted by Gasteiger charge is 2.34. The van der Waals surface area contributed by atoms with Gasteiger partial charge in [0.15, 0.2) is 9.84 Å². The molecule has 0 N–H and O–H groups in total. The molecule has 0 bridgehead atoms. The Kier molecular flexibility index (Phi) is 4.62. The Morgan fingerprint density at radius 2 is 2.10 bits per heavy atom. The lowest BCUT2D eigenvalue weighted by atomic mass is 10.1. The standard InChI is InChI=1S/C13H15Cl2NO3S/c1-2-16(9-6-7-20(18,19)8-9)13(17)10-4-3-5-11(14)12(10)15/h3-5,9H,2,6-8H2,1H3. The lowest BCUT2D eigenvalue weighted by Gasteiger charge is -2.27. The molecule has 20 heavy (non-hydrogen) atoms. The molecule has 7 heteroatoms. The van der Waals surface area contributed by atoms with Crippen LogP contribution in [0.25, 0.3) is 0 Å². The maximum atomic E-state index is 12.5. The van der Waals surface area contributed by atoms with Crippen molar-refractivity contribution in [1.82, 2.24) is 4.90 Å². The molecule has 2 rings (SSSR count). The molecular formula is C13H15Cl2NO3S. The average Bonchev–Trinajstić information content (AvgIpc) is 2.74. The number of carbonyl (C=O) groups excluding carboxylic acids is 1. The zero-order valence-electron chi connectivity index (χ0n) is 11.0. The molecule has 1 aromatic carbocycles. The molecule has 1 aromatic rings. The van der Waals surface area contributed by atoms with Crippen molar-refractivity contribution in [3.63, 3.8) is 0 Å². The van der Waals surface area contributed by atoms with Gasteiger partial charge in [-0.05, 0) is 25.5 Å². The summed E-state index contributed by atoms with van der Waals surface area (Å²) in [6.07, 6.45) is 0.472. The predicted octanol–water partition coefficient (Wildman–Crippen LogP) is 2.64. The Bertz CT molecular complexity index is 631. The second-order valence-corrected chi connectivity index (χ2v) is 7.76. The molecule has 1 unspecified atom stereocenters. The minimum Gasteiger partial charge on any atom is -0.335 e. The minimum absolute atomic E-state index is 0.0186. The Morgan fingerprint density at radius 1 is 1.40 bits per heavy atom. The van der Waals surface area contributed by atoms with Gasteiger partial charge in [0.2, 0.25) is 0 Å². The van der Waals surface area contributed by atoms with Gasteiger partial charge >= 0.3 is 0 Å². The maximum Gasteiger partial charge on any atom is 0.255 e. The van der Waals surface area contributed by atoms with Gasteiger partial charge in [-0.25, -0.2) is 8.42 Å². The Labute approximate surface area is 128 Å². The molecule has 1 saturated heterocycles. The topological polar surface area (TPSA) is 54.5 Å². The fourth-order valence-electron chi connectivity index (χ4n) is 2.41. The van der Waals surface area contributed by atoms with E-state index in [-0.39, 0.29) is 28.5 Å². The van der Waals surface area contributed by atoms with Crippen molar-refractivity contribution in [3.05, 3.63) is 33.8 Å². The third-order valence-electron chi connectivity index (χ3n) is 3.43. The van der Waals surface area contributed by atoms with Crippen LogP contribution >= 0.6 is 23.2 Å². The molecule has 110 valence electrons. The van der Waals surface area contributed by atoms with E-state index in [0.717, 1.165) is 0 Å². The van der Waals surface area contributed by atoms with Crippen LogP contribution in [0.5, 0.6) is 0 Å². The van der Waals surface area contributed by atoms with E-state index in [2.05, 4.69) is 0 Å². The summed E-state index contributed by atoms with van der Waals surface area (Å²) in [5.74, 6) is -0.128. The first kappa shape index (κ1) is 15.6. The molecule has 0 aliphatic carbocycles. The van der Waals surface area contributed by atoms with Crippen molar-refractivity contribution in [3.8, 4) is 0 Å². The van der Waals surface area contributed by atoms with Crippen LogP contribution in [-0.4, -0.2) is 43.3 Å². The molecular weight excluding hydrogens is 321 g/mol. The molecule has 0 saturated carbocycles. The van der Waals surface area contributed by atoms with Crippen LogP contribution in [0, 0.1) is 0 Å². The molecule has 1 aliphatic rings. The second kappa shape index (κ2) is 5.92. The highest BCUT2D eigenvalue weighted by molar-refractivity contribution is 7.91. The van der Waals surface area contributed by atoms with Crippen molar-refractivity contribution in [2.75, 3.05) is 18.1 Å². The summed E-state index contributed by atoms with van der Waals surface area (Å²) in [5.41, 5.74) is 0.310. The van der Waals surface area contributed by atoms with E-state index in [1.165, 1.54) is 0 Å². The van der Waals surface area contributed by atoms with Crippen molar-refractivity contribution in [1.29, 1.82) is 0 Å². The minimum atomic E-state index is -3.04. The molecule has 1 heterocycles. The summed E-state index contributed by atoms with van der Waals surface area (Å²) >= 11 is 12.0. The monoisotopic (exact) mass is 335 g/mol. The van der Waals surface area contributed by atoms with Gasteiger partial charge in [-0.15, -0.1) is 0 Å². The average molecular weight is 336 g/mol. The number of hydrogen-bond acceptors (Lipinski definition) is 3. The number of amides is 1. The number of nitrogens with zero attached hydrogens (tertiary/aromatic N) is 1. The van der Waals surface area contributed by atoms with Crippen LogP contribution < -0.4 is 0 Å². The number of carbonyl (C=O) groups is 1. The summed E-state index contributed by atoms with van der Waals surface area (Å²) in [5, 5.41) is 0.520. The van der Waals surface area contributed by atoms with Gasteiger partial charge in [0.05, 0.1) is 27.1 Å². The van der Waals surface area contributed by atoms with Crippen molar-refractivity contribution < 1.29 is 13.2 Å². The SMILES string of the molecule is CCN(C(=O)c1cccc(Cl)c1Cl)C1CCS(=O)(=O)C1. The molecule has 1 atom stereocenters. The number of benzene rings is 1. The van der Waals surface area contributed by atoms with Gasteiger partial charge in [0, 0.05) is 12.6 Å². The van der Waals surface area contributed by atoms with Gasteiger partial charge in [-0.1, -0.05) is 29.3 Å². The fourth-order valence-corrected chi connectivity index (χ4v) is 4.52. The Balaban J connectivity index is 2.28. The van der Waals surface area contributed by atoms with Crippen molar-refractivity contribution >= 4 is 38.9 Å². The lowest BCUT2D eigenvalue weighted by molar-refractivity contribution is 0.0708. The largest absolute Gasteiger partial charge is 0.335 e. The highest BCUT2D eigenvalue weighted by Crippen LogP contribution is 2.28.